The first kappa shape index (κ1) is 135. The van der Waals surface area contributed by atoms with Crippen molar-refractivity contribution >= 4 is 266 Å². The van der Waals surface area contributed by atoms with Crippen molar-refractivity contribution < 1.29 is 150 Å². The zero-order valence-electron chi connectivity index (χ0n) is 76.2. The van der Waals surface area contributed by atoms with Gasteiger partial charge in [-0.2, -0.15) is 33.8 Å². The molecule has 7 N–H and O–H groups in total. The van der Waals surface area contributed by atoms with E-state index >= 15 is 0 Å². The number of carbonyl (C=O) groups is 1. The smallest absolute Gasteiger partial charge is 0.394 e. The third-order valence-electron chi connectivity index (χ3n) is 19.3. The second-order valence-electron chi connectivity index (χ2n) is 33.0. The van der Waals surface area contributed by atoms with E-state index in [0.717, 1.165) is 55.2 Å². The van der Waals surface area contributed by atoms with Gasteiger partial charge in [0.1, 0.15) is 42.3 Å². The molecule has 0 aliphatic rings. The number of anilines is 1. The van der Waals surface area contributed by atoms with Gasteiger partial charge in [-0.25, -0.2) is 29.3 Å². The molecule has 0 bridgehead atoms. The van der Waals surface area contributed by atoms with E-state index in [1.807, 2.05) is 90.1 Å². The Kier molecular flexibility index (Phi) is 59.3. The summed E-state index contributed by atoms with van der Waals surface area (Å²) >= 11 is 82.2. The number of ether oxygens (including phenoxy) is 2. The fraction of sp³-hybridized carbons (Fsp3) is 0.277. The third-order valence-corrected chi connectivity index (χ3v) is 27.8. The Morgan fingerprint density at radius 3 is 1.32 bits per heavy atom. The van der Waals surface area contributed by atoms with Crippen LogP contribution in [0.15, 0.2) is 201 Å². The number of nitrogens with one attached hydrogen (secondary N) is 1. The summed E-state index contributed by atoms with van der Waals surface area (Å²) in [4.78, 5) is 33.6. The molecule has 16 rings (SSSR count). The predicted octanol–water partition coefficient (Wildman–Crippen LogP) is 28.4. The van der Waals surface area contributed by atoms with Crippen molar-refractivity contribution in [2.75, 3.05) is 18.9 Å². The molecule has 0 aliphatic heterocycles. The second-order valence-corrected chi connectivity index (χ2v) is 50.8. The number of H-pyrrole nitrogens is 1. The molecule has 9 aromatic heterocycles. The van der Waals surface area contributed by atoms with Gasteiger partial charge in [0.05, 0.1) is 128 Å². The number of pyridine rings is 6. The topological polar surface area (TPSA) is 395 Å². The van der Waals surface area contributed by atoms with Gasteiger partial charge >= 0.3 is 10.4 Å². The number of nitrogens with zero attached hydrogens (tertiary/aromatic N) is 15. The van der Waals surface area contributed by atoms with E-state index in [-0.39, 0.29) is 149 Å². The Balaban J connectivity index is 0.000000819. The summed E-state index contributed by atoms with van der Waals surface area (Å²) in [5.41, 5.74) is 10.0. The number of hydrogen-bond donors (Lipinski definition) is 6. The van der Waals surface area contributed by atoms with Crippen molar-refractivity contribution in [2.45, 2.75) is 140 Å². The van der Waals surface area contributed by atoms with Crippen molar-refractivity contribution in [2.24, 2.45) is 17.8 Å². The number of aromatic amines is 1. The number of rotatable bonds is 18. The number of nitriles is 1. The summed E-state index contributed by atoms with van der Waals surface area (Å²) < 4.78 is 46.8. The number of aliphatic hydroxyl groups is 2. The van der Waals surface area contributed by atoms with E-state index in [0.29, 0.717) is 158 Å². The number of aromatic nitrogens is 15. The summed E-state index contributed by atoms with van der Waals surface area (Å²) in [6.45, 7) is 27.6. The Bertz CT molecular complexity index is 6920. The molecule has 7 aromatic carbocycles. The van der Waals surface area contributed by atoms with Crippen molar-refractivity contribution in [3.63, 3.8) is 0 Å². The maximum atomic E-state index is 11.8. The number of carbonyl (C=O) groups excluding carboxylic acids is 1. The number of benzene rings is 7. The Labute approximate surface area is 973 Å². The molecule has 142 heavy (non-hydrogen) atoms. The van der Waals surface area contributed by atoms with Crippen LogP contribution in [0.5, 0.6) is 0 Å². The van der Waals surface area contributed by atoms with Crippen molar-refractivity contribution in [3.05, 3.63) is 311 Å². The number of fused-ring (bicyclic) bond motifs is 6. The van der Waals surface area contributed by atoms with Gasteiger partial charge in [0.15, 0.2) is 23.2 Å². The number of hydrogen-bond acceptors (Lipinski definition) is 21. The predicted molar refractivity (Wildman–Crippen MR) is 571 cm³/mol. The number of ketones is 1. The van der Waals surface area contributed by atoms with Crippen LogP contribution in [-0.4, -0.2) is 133 Å². The third kappa shape index (κ3) is 41.3. The molecule has 0 fully saturated rings. The number of halogens is 14. The van der Waals surface area contributed by atoms with Crippen molar-refractivity contribution in [3.8, 4) is 6.07 Å². The van der Waals surface area contributed by atoms with E-state index < -0.39 is 37.7 Å². The van der Waals surface area contributed by atoms with Crippen LogP contribution in [-0.2, 0) is 117 Å². The van der Waals surface area contributed by atoms with E-state index in [1.165, 1.54) is 18.4 Å². The van der Waals surface area contributed by atoms with Crippen molar-refractivity contribution in [1.82, 2.24) is 70.3 Å². The van der Waals surface area contributed by atoms with Gasteiger partial charge < -0.3 is 30.6 Å². The van der Waals surface area contributed by atoms with Crippen LogP contribution in [0.4, 0.5) is 5.69 Å². The number of nitrogens with two attached hydrogens (primary N) is 1. The average molecular weight is 2780 g/mol. The van der Waals surface area contributed by atoms with Crippen LogP contribution in [0, 0.1) is 65.4 Å². The van der Waals surface area contributed by atoms with E-state index in [4.69, 9.17) is 200 Å². The molecule has 0 saturated carbocycles. The van der Waals surface area contributed by atoms with E-state index in [9.17, 15) is 20.2 Å². The van der Waals surface area contributed by atoms with Crippen LogP contribution >= 0.6 is 162 Å². The molecule has 754 valence electrons. The van der Waals surface area contributed by atoms with Crippen LogP contribution in [0.2, 0.25) is 122 Å². The summed E-state index contributed by atoms with van der Waals surface area (Å²) in [5, 5.41) is 80.8. The van der Waals surface area contributed by atoms with Gasteiger partial charge in [-0.1, -0.05) is 300 Å². The maximum absolute atomic E-state index is 11.8. The summed E-state index contributed by atoms with van der Waals surface area (Å²) in [6.07, 6.45) is 9.82. The molecular formula is C94H103Cl14N17O10SSi2UVWY. The Morgan fingerprint density at radius 1 is 0.514 bits per heavy atom. The summed E-state index contributed by atoms with van der Waals surface area (Å²) in [6, 6.07) is 51.3. The average Bonchev–Trinajstić information content (AvgIpc) is 1.36. The van der Waals surface area contributed by atoms with E-state index in [1.54, 1.807) is 155 Å². The molecule has 0 spiro atoms. The standard InChI is InChI=1S/C21H28Cl2N4O2Si.C15H14Cl2N4O.C13H11Cl2NO.C10H4Cl2N2.C9H5Cl2NO.C9H5Cl2N.C8H17N3OSi.C6H5Cl2N.3CH4.H2O4S.U.V.W.Y/c1-14(2)21(28,19-7-6-15-10-16(22)17(23)11-18(15)24-19)20-12-27(26-25-20)13-29-8-9-30(3,4)5;1-8(2)15(22,14-7-18-21-20-14)13-4-3-9-5-10(16)11(17)6-12(9)19-13;1-7(2)13(17)11-4-3-8-5-9(14)10(15)6-12(8)16-11;11-8-3-6-1-2-7(5-13)14-10(6)4-9(8)12;10-7-4-6-2-1-3-12(13)9(6)5-8(7)11;10-7-4-6-2-1-3-12-9(6)5-8(7)11;1-13(2,3)7-6-12-8-11-5-4-9-10-11;7-5-2-1-4(9)3-6(5)8;;;;1-5(2,3)4;;;;/h6-7,10-12,14,28H,8-9,13H2,1-5H3;3-8,22H,1-2H3,(H,18,20,21);3-7H,1-2H3;1-4H;1-5H;1-5H;4-5H,6-8H2,1-3H3;1-3H,9H2;3*1H4;(H2,1,2,3,4);;;;. The zero-order valence-corrected chi connectivity index (χ0v) is 101. The van der Waals surface area contributed by atoms with Crippen LogP contribution in [0.1, 0.15) is 103 Å². The van der Waals surface area contributed by atoms with Gasteiger partial charge in [-0.15, -0.1) is 10.2 Å². The minimum absolute atomic E-state index is 0. The molecule has 2 atom stereocenters. The quantitative estimate of drug-likeness (QED) is 0.00883. The number of nitrogen functional groups attached to an aromatic ring is 1. The largest absolute Gasteiger partial charge is 0.618 e. The summed E-state index contributed by atoms with van der Waals surface area (Å²) in [5.74, 6) is -0.380. The molecule has 0 amide bonds. The van der Waals surface area contributed by atoms with Gasteiger partial charge in [-0.05, 0) is 151 Å². The fourth-order valence-corrected chi connectivity index (χ4v) is 15.7. The van der Waals surface area contributed by atoms with Crippen molar-refractivity contribution in [1.29, 1.82) is 5.26 Å². The second kappa shape index (κ2) is 62.4. The van der Waals surface area contributed by atoms with E-state index in [2.05, 4.69) is 100 Å². The minimum Gasteiger partial charge on any atom is -0.618 e. The van der Waals surface area contributed by atoms with Crippen LogP contribution in [0.25, 0.3) is 65.4 Å². The molecular weight excluding hydrogens is 2670 g/mol. The molecule has 0 aliphatic carbocycles. The first-order chi connectivity index (χ1) is 63.3. The minimum atomic E-state index is -4.67. The monoisotopic (exact) mass is 2770 g/mol. The molecule has 16 aromatic rings. The van der Waals surface area contributed by atoms with Gasteiger partial charge in [0.25, 0.3) is 0 Å². The zero-order chi connectivity index (χ0) is 99.8. The first-order valence-corrected chi connectivity index (χ1v) is 54.7. The summed E-state index contributed by atoms with van der Waals surface area (Å²) in [7, 11) is -6.76. The Morgan fingerprint density at radius 2 is 0.908 bits per heavy atom. The van der Waals surface area contributed by atoms with Gasteiger partial charge in [-0.3, -0.25) is 18.9 Å². The fourth-order valence-electron chi connectivity index (χ4n) is 11.9. The van der Waals surface area contributed by atoms with Crippen LogP contribution < -0.4 is 10.5 Å². The first-order valence-electron chi connectivity index (χ1n) is 40.6. The molecule has 27 nitrogen and oxygen atoms in total. The number of Topliss-reactive ketones (excluding diaryl/α,β-unsaturated/α-hetero) is 1. The van der Waals surface area contributed by atoms with Crippen LogP contribution in [0.3, 0.4) is 0 Å². The molecule has 0 saturated heterocycles. The van der Waals surface area contributed by atoms with Gasteiger partial charge in [0, 0.05) is 201 Å². The Hall–Kier alpha value is -5.19. The normalized spacial score (nSPS) is 11.6. The SMILES string of the molecule is C.C.C.CC(C)C(=O)c1ccc2cc(Cl)c(Cl)cc2n1.CC(C)C(O)(c1cn(COCC[Si](C)(C)C)nn1)c1ccc2cc(Cl)c(Cl)cc2n1.CC(C)C(O)(c1cn[nH]n1)c1ccc2cc(Cl)c(Cl)cc2n1.C[Si](C)(C)CCOCn1ccnn1.Clc1cc2cccnc2cc1Cl.N#Cc1ccc2cc(Cl)c(Cl)cc2n1.Nc1ccc(Cl)c(Cl)c1.O=S(=O)(O)O.[O-][n+]1cccc2cc(Cl)c(Cl)cc21.[U].[V].[W].[Y]. The molecule has 48 heteroatoms. The van der Waals surface area contributed by atoms with Gasteiger partial charge in [0.2, 0.25) is 5.52 Å². The molecule has 9 heterocycles. The molecule has 2 unspecified atom stereocenters. The maximum Gasteiger partial charge on any atom is 0.394 e. The molecule has 2 radical (unpaired) electrons.